The molecule has 0 spiro atoms. The Morgan fingerprint density at radius 2 is 2.44 bits per heavy atom. The van der Waals surface area contributed by atoms with Crippen molar-refractivity contribution in [3.63, 3.8) is 0 Å². The summed E-state index contributed by atoms with van der Waals surface area (Å²) in [4.78, 5) is 10.9. The molecule has 0 amide bonds. The molecule has 5 heteroatoms. The van der Waals surface area contributed by atoms with Crippen LogP contribution < -0.4 is 4.89 Å². The molecule has 0 unspecified atom stereocenters. The fraction of sp³-hybridized carbons (Fsp3) is 1.00. The van der Waals surface area contributed by atoms with Crippen LogP contribution in [0.5, 0.6) is 0 Å². The molecule has 9 heavy (non-hydrogen) atoms. The van der Waals surface area contributed by atoms with Gasteiger partial charge in [0.1, 0.15) is 0 Å². The average Bonchev–Trinajstić information content (AvgIpc) is 1.60. The van der Waals surface area contributed by atoms with Crippen molar-refractivity contribution in [2.24, 2.45) is 0 Å². The van der Waals surface area contributed by atoms with Gasteiger partial charge < -0.3 is 0 Å². The van der Waals surface area contributed by atoms with Crippen LogP contribution in [0.3, 0.4) is 0 Å². The van der Waals surface area contributed by atoms with Crippen LogP contribution in [0.25, 0.3) is 0 Å². The van der Waals surface area contributed by atoms with Crippen molar-refractivity contribution < 1.29 is 13.9 Å². The van der Waals surface area contributed by atoms with Gasteiger partial charge in [0.25, 0.3) is 0 Å². The molecule has 0 N–H and O–H groups in total. The van der Waals surface area contributed by atoms with E-state index < -0.39 is 6.19 Å². The molecule has 0 bridgehead atoms. The number of hydrogen-bond acceptors (Lipinski definition) is 3. The second kappa shape index (κ2) is 2.83. The summed E-state index contributed by atoms with van der Waals surface area (Å²) < 4.78 is 9.76. The van der Waals surface area contributed by atoms with Gasteiger partial charge in [-0.1, -0.05) is 0 Å². The van der Waals surface area contributed by atoms with E-state index in [-0.39, 0.29) is 6.10 Å². The molecule has 0 aromatic rings. The molecule has 1 aliphatic rings. The van der Waals surface area contributed by atoms with Gasteiger partial charge in [-0.15, -0.1) is 0 Å². The van der Waals surface area contributed by atoms with Gasteiger partial charge in [0.05, 0.1) is 0 Å². The van der Waals surface area contributed by atoms with E-state index >= 15 is 0 Å². The molecule has 1 heterocycles. The van der Waals surface area contributed by atoms with Crippen LogP contribution in [0.15, 0.2) is 0 Å². The van der Waals surface area contributed by atoms with Gasteiger partial charge in [0.2, 0.25) is 0 Å². The van der Waals surface area contributed by atoms with Crippen molar-refractivity contribution in [1.82, 2.24) is 0 Å². The Kier molecular flexibility index (Phi) is 2.49. The summed E-state index contributed by atoms with van der Waals surface area (Å²) in [6.45, 7) is 2.41. The second-order valence-electron chi connectivity index (χ2n) is 1.99. The zero-order chi connectivity index (χ0) is 6.91. The fourth-order valence-electron chi connectivity index (χ4n) is 0.634. The Morgan fingerprint density at radius 3 is 2.78 bits per heavy atom. The summed E-state index contributed by atoms with van der Waals surface area (Å²) in [5.74, 6) is 0. The topological polar surface area (TPSA) is 41.5 Å². The molecular formula is C4H8O3PSe-. The first-order valence-corrected chi connectivity index (χ1v) is 6.50. The van der Waals surface area contributed by atoms with Gasteiger partial charge >= 0.3 is 61.3 Å². The quantitative estimate of drug-likeness (QED) is 0.421. The zero-order valence-electron chi connectivity index (χ0n) is 5.07. The third kappa shape index (κ3) is 2.50. The molecule has 0 aromatic heterocycles. The van der Waals surface area contributed by atoms with Gasteiger partial charge in [-0.3, -0.25) is 0 Å². The predicted molar refractivity (Wildman–Crippen MR) is 33.8 cm³/mol. The zero-order valence-corrected chi connectivity index (χ0v) is 7.68. The van der Waals surface area contributed by atoms with Crippen LogP contribution in [0.4, 0.5) is 0 Å². The van der Waals surface area contributed by atoms with Gasteiger partial charge in [0, 0.05) is 0 Å². The fourth-order valence-corrected chi connectivity index (χ4v) is 2.96. The van der Waals surface area contributed by atoms with E-state index in [2.05, 4.69) is 15.1 Å². The van der Waals surface area contributed by atoms with E-state index in [0.29, 0.717) is 6.61 Å². The maximum absolute atomic E-state index is 10.9. The Morgan fingerprint density at radius 1 is 1.78 bits per heavy atom. The van der Waals surface area contributed by atoms with E-state index in [4.69, 9.17) is 9.05 Å². The summed E-state index contributed by atoms with van der Waals surface area (Å²) in [6, 6.07) is 0. The van der Waals surface area contributed by atoms with Crippen molar-refractivity contribution in [2.45, 2.75) is 19.4 Å². The van der Waals surface area contributed by atoms with Crippen LogP contribution in [0.2, 0.25) is 0 Å². The minimum absolute atomic E-state index is 0.0610. The predicted octanol–water partition coefficient (Wildman–Crippen LogP) is 0.0182. The standard InChI is InChI=1S/C4H9O3PSe/c1-4-2-3-6-8(5,9)7-4/h4H,2-3H2,1H3,(H,5,9)/p-1/t4-,8+/m0/s1. The molecule has 1 aliphatic heterocycles. The minimum atomic E-state index is -2.77. The molecule has 3 nitrogen and oxygen atoms in total. The van der Waals surface area contributed by atoms with E-state index in [0.717, 1.165) is 6.42 Å². The van der Waals surface area contributed by atoms with E-state index in [1.165, 1.54) is 0 Å². The van der Waals surface area contributed by atoms with Gasteiger partial charge in [-0.25, -0.2) is 0 Å². The third-order valence-electron chi connectivity index (χ3n) is 1.08. The Balaban J connectivity index is 2.51. The van der Waals surface area contributed by atoms with E-state index in [9.17, 15) is 4.89 Å². The average molecular weight is 214 g/mol. The molecule has 1 rings (SSSR count). The normalized spacial score (nSPS) is 44.9. The SMILES string of the molecule is C[C@H]1CCO[P@@]([O-])(=[Se])O1. The van der Waals surface area contributed by atoms with Crippen molar-refractivity contribution in [1.29, 1.82) is 0 Å². The molecular weight excluding hydrogens is 206 g/mol. The summed E-state index contributed by atoms with van der Waals surface area (Å²) in [5.41, 5.74) is 0. The molecule has 0 saturated carbocycles. The monoisotopic (exact) mass is 215 g/mol. The summed E-state index contributed by atoms with van der Waals surface area (Å²) >= 11 is 2.40. The van der Waals surface area contributed by atoms with Crippen LogP contribution in [-0.2, 0) is 9.05 Å². The van der Waals surface area contributed by atoms with Gasteiger partial charge in [0.15, 0.2) is 0 Å². The molecule has 0 aliphatic carbocycles. The van der Waals surface area contributed by atoms with Crippen LogP contribution in [0.1, 0.15) is 13.3 Å². The maximum atomic E-state index is 10.9. The van der Waals surface area contributed by atoms with Crippen molar-refractivity contribution >= 4 is 21.3 Å². The van der Waals surface area contributed by atoms with Crippen LogP contribution in [-0.4, -0.2) is 27.8 Å². The van der Waals surface area contributed by atoms with E-state index in [1.807, 2.05) is 6.92 Å². The second-order valence-corrected chi connectivity index (χ2v) is 6.16. The Hall–Kier alpha value is 0.829. The van der Waals surface area contributed by atoms with Crippen molar-refractivity contribution in [3.05, 3.63) is 0 Å². The molecule has 1 saturated heterocycles. The summed E-state index contributed by atoms with van der Waals surface area (Å²) in [6.07, 6.45) is -1.88. The first-order chi connectivity index (χ1) is 4.10. The van der Waals surface area contributed by atoms with Gasteiger partial charge in [-0.05, 0) is 0 Å². The molecule has 0 aromatic carbocycles. The molecule has 2 atom stereocenters. The third-order valence-corrected chi connectivity index (χ3v) is 3.40. The van der Waals surface area contributed by atoms with Crippen molar-refractivity contribution in [2.75, 3.05) is 6.61 Å². The summed E-state index contributed by atoms with van der Waals surface area (Å²) in [7, 11) is 0. The van der Waals surface area contributed by atoms with Crippen molar-refractivity contribution in [3.8, 4) is 0 Å². The van der Waals surface area contributed by atoms with Crippen LogP contribution >= 0.6 is 6.19 Å². The van der Waals surface area contributed by atoms with Gasteiger partial charge in [-0.2, -0.15) is 0 Å². The number of hydrogen-bond donors (Lipinski definition) is 0. The number of rotatable bonds is 0. The molecule has 54 valence electrons. The molecule has 0 radical (unpaired) electrons. The Labute approximate surface area is 61.8 Å². The van der Waals surface area contributed by atoms with Crippen LogP contribution in [0, 0.1) is 0 Å². The Bertz CT molecular complexity index is 149. The molecule has 1 fully saturated rings. The van der Waals surface area contributed by atoms with E-state index in [1.54, 1.807) is 0 Å². The summed E-state index contributed by atoms with van der Waals surface area (Å²) in [5, 5.41) is 0. The first-order valence-electron chi connectivity index (χ1n) is 2.74. The first kappa shape index (κ1) is 7.93.